The summed E-state index contributed by atoms with van der Waals surface area (Å²) in [6.07, 6.45) is -9.08. The fourth-order valence-electron chi connectivity index (χ4n) is 5.42. The van der Waals surface area contributed by atoms with Gasteiger partial charge in [0.05, 0.1) is 30.5 Å². The minimum Gasteiger partial charge on any atom is -0.394 e. The molecule has 0 bridgehead atoms. The lowest BCUT2D eigenvalue weighted by molar-refractivity contribution is -0.0607. The van der Waals surface area contributed by atoms with Crippen molar-refractivity contribution in [2.24, 2.45) is 0 Å². The van der Waals surface area contributed by atoms with Gasteiger partial charge in [-0.25, -0.2) is 19.5 Å². The summed E-state index contributed by atoms with van der Waals surface area (Å²) in [5, 5.41) is 41.2. The van der Waals surface area contributed by atoms with E-state index in [0.29, 0.717) is 0 Å². The normalized spacial score (nSPS) is 29.7. The number of fused-ring (bicyclic) bond motifs is 2. The monoisotopic (exact) mass is 700 g/mol. The highest BCUT2D eigenvalue weighted by Crippen LogP contribution is 2.50. The summed E-state index contributed by atoms with van der Waals surface area (Å²) in [4.78, 5) is 50.5. The highest BCUT2D eigenvalue weighted by atomic mass is 31.2. The molecule has 4 aromatic heterocycles. The quantitative estimate of drug-likeness (QED) is 0.0785. The number of aliphatic hydroxyl groups excluding tert-OH is 3. The van der Waals surface area contributed by atoms with Crippen molar-refractivity contribution in [2.75, 3.05) is 24.7 Å². The number of nitrogen functional groups attached to an aromatic ring is 2. The summed E-state index contributed by atoms with van der Waals surface area (Å²) >= 11 is 0. The van der Waals surface area contributed by atoms with Gasteiger partial charge in [0, 0.05) is 6.20 Å². The van der Waals surface area contributed by atoms with Crippen LogP contribution in [-0.4, -0.2) is 109 Å². The smallest absolute Gasteiger partial charge is 0.394 e. The number of ether oxygens (including phenoxy) is 2. The number of imidazole rings is 1. The summed E-state index contributed by atoms with van der Waals surface area (Å²) in [7, 11) is -8.93. The molecule has 25 heteroatoms. The number of nitriles is 1. The van der Waals surface area contributed by atoms with Gasteiger partial charge < -0.3 is 55.1 Å². The Morgan fingerprint density at radius 2 is 1.85 bits per heavy atom. The molecule has 0 spiro atoms. The third-order valence-electron chi connectivity index (χ3n) is 7.45. The molecule has 0 aromatic carbocycles. The zero-order chi connectivity index (χ0) is 33.8. The van der Waals surface area contributed by atoms with Crippen LogP contribution in [0.1, 0.15) is 18.0 Å². The second-order valence-corrected chi connectivity index (χ2v) is 12.4. The standard InChI is InChI=1S/C22H26N10O13P2/c23-1-7-2-31(17-10(7)16(24)26-5-27-17)20-13(35)14(44-46(37)38)9(43-20)4-41-47(39,40)45-15-12(34)8(3-33)42-21(15)32-6-28-11-18(32)29-22(25)30-19(11)36/h2,5-6,8-9,12-15,20-21,33-35,46H,3-4H2,(H,37,38)(H,39,40)(H2,24,26,27)(H3,25,29,30,36)/t8-,9-,12-,13-,14-,15-,20-,21-/m1/s1. The molecular formula is C22H26N10O13P2. The molecule has 252 valence electrons. The number of phosphoric acid groups is 1. The van der Waals surface area contributed by atoms with Crippen molar-refractivity contribution in [1.82, 2.24) is 34.1 Å². The summed E-state index contributed by atoms with van der Waals surface area (Å²) in [6, 6.07) is 1.92. The Morgan fingerprint density at radius 1 is 1.11 bits per heavy atom. The first-order valence-corrected chi connectivity index (χ1v) is 16.2. The lowest BCUT2D eigenvalue weighted by atomic mass is 10.1. The average molecular weight is 700 g/mol. The molecule has 2 aliphatic heterocycles. The number of H-pyrrole nitrogens is 1. The first-order chi connectivity index (χ1) is 22.3. The maximum Gasteiger partial charge on any atom is 0.472 e. The van der Waals surface area contributed by atoms with Crippen molar-refractivity contribution in [2.45, 2.75) is 49.1 Å². The molecule has 2 saturated heterocycles. The Hall–Kier alpha value is -3.88. The number of phosphoric ester groups is 1. The van der Waals surface area contributed by atoms with Gasteiger partial charge in [-0.1, -0.05) is 0 Å². The molecule has 47 heavy (non-hydrogen) atoms. The van der Waals surface area contributed by atoms with Crippen molar-refractivity contribution in [1.29, 1.82) is 5.26 Å². The Balaban J connectivity index is 1.24. The van der Waals surface area contributed by atoms with Gasteiger partial charge in [0.15, 0.2) is 23.6 Å². The van der Waals surface area contributed by atoms with Crippen LogP contribution < -0.4 is 17.0 Å². The summed E-state index contributed by atoms with van der Waals surface area (Å²) < 4.78 is 53.9. The fourth-order valence-corrected chi connectivity index (χ4v) is 6.88. The Labute approximate surface area is 261 Å². The number of nitrogens with two attached hydrogens (primary N) is 2. The van der Waals surface area contributed by atoms with Gasteiger partial charge in [0.1, 0.15) is 60.5 Å². The van der Waals surface area contributed by atoms with Crippen LogP contribution in [0.15, 0.2) is 23.6 Å². The van der Waals surface area contributed by atoms with E-state index in [1.807, 2.05) is 6.07 Å². The molecule has 4 aromatic rings. The van der Waals surface area contributed by atoms with E-state index in [0.717, 1.165) is 17.2 Å². The van der Waals surface area contributed by atoms with Gasteiger partial charge >= 0.3 is 16.1 Å². The number of hydrogen-bond donors (Lipinski definition) is 8. The molecule has 23 nitrogen and oxygen atoms in total. The highest BCUT2D eigenvalue weighted by molar-refractivity contribution is 7.47. The Bertz CT molecular complexity index is 2000. The number of hydrogen-bond acceptors (Lipinski definition) is 18. The molecule has 0 radical (unpaired) electrons. The minimum absolute atomic E-state index is 0.0244. The van der Waals surface area contributed by atoms with E-state index in [1.54, 1.807) is 0 Å². The van der Waals surface area contributed by atoms with Gasteiger partial charge in [-0.05, 0) is 0 Å². The van der Waals surface area contributed by atoms with Gasteiger partial charge in [-0.2, -0.15) is 10.2 Å². The van der Waals surface area contributed by atoms with E-state index >= 15 is 0 Å². The number of aromatic amines is 1. The number of rotatable bonds is 10. The van der Waals surface area contributed by atoms with Crippen molar-refractivity contribution < 1.29 is 57.3 Å². The van der Waals surface area contributed by atoms with E-state index in [2.05, 4.69) is 24.9 Å². The Kier molecular flexibility index (Phi) is 8.87. The largest absolute Gasteiger partial charge is 0.472 e. The zero-order valence-electron chi connectivity index (χ0n) is 23.5. The number of aliphatic hydroxyl groups is 3. The summed E-state index contributed by atoms with van der Waals surface area (Å²) in [5.41, 5.74) is 10.6. The second-order valence-electron chi connectivity index (χ2n) is 10.3. The molecule has 2 aliphatic rings. The fraction of sp³-hybridized carbons (Fsp3) is 0.455. The number of nitrogens with one attached hydrogen (secondary N) is 1. The summed E-state index contributed by atoms with van der Waals surface area (Å²) in [5.74, 6) is -0.333. The lowest BCUT2D eigenvalue weighted by Crippen LogP contribution is -2.36. The maximum absolute atomic E-state index is 13.2. The van der Waals surface area contributed by atoms with Crippen LogP contribution in [0.25, 0.3) is 22.2 Å². The molecule has 6 rings (SSSR count). The summed E-state index contributed by atoms with van der Waals surface area (Å²) in [6.45, 7) is -1.63. The van der Waals surface area contributed by atoms with E-state index in [4.69, 9.17) is 34.5 Å². The average Bonchev–Trinajstić information content (AvgIpc) is 3.76. The van der Waals surface area contributed by atoms with E-state index in [9.17, 15) is 44.3 Å². The molecule has 0 aliphatic carbocycles. The van der Waals surface area contributed by atoms with Crippen molar-refractivity contribution in [3.8, 4) is 6.07 Å². The van der Waals surface area contributed by atoms with Crippen LogP contribution in [0, 0.1) is 11.3 Å². The van der Waals surface area contributed by atoms with Crippen LogP contribution in [0.5, 0.6) is 0 Å². The molecular weight excluding hydrogens is 674 g/mol. The molecule has 6 heterocycles. The molecule has 10 N–H and O–H groups in total. The van der Waals surface area contributed by atoms with Crippen molar-refractivity contribution in [3.63, 3.8) is 0 Å². The molecule has 0 amide bonds. The third-order valence-corrected chi connectivity index (χ3v) is 8.91. The van der Waals surface area contributed by atoms with E-state index in [1.165, 1.54) is 10.8 Å². The van der Waals surface area contributed by atoms with Gasteiger partial charge in [-0.3, -0.25) is 28.0 Å². The molecule has 0 saturated carbocycles. The predicted molar refractivity (Wildman–Crippen MR) is 153 cm³/mol. The van der Waals surface area contributed by atoms with Crippen LogP contribution in [0.4, 0.5) is 11.8 Å². The number of aromatic nitrogens is 7. The van der Waals surface area contributed by atoms with Crippen molar-refractivity contribution >= 4 is 50.0 Å². The van der Waals surface area contributed by atoms with E-state index < -0.39 is 83.9 Å². The predicted octanol–water partition coefficient (Wildman–Crippen LogP) is -2.62. The molecule has 2 unspecified atom stereocenters. The van der Waals surface area contributed by atoms with Gasteiger partial charge in [0.25, 0.3) is 5.56 Å². The first-order valence-electron chi connectivity index (χ1n) is 13.4. The number of anilines is 2. The maximum atomic E-state index is 13.2. The van der Waals surface area contributed by atoms with E-state index in [-0.39, 0.29) is 39.5 Å². The SMILES string of the molecule is N#Cc1cn([C@@H]2O[C@H](COP(=O)(O)O[C@@H]3[C@H](O)[C@@H](CO)O[C@H]3n3cnc4c(=O)[nH]c(N)nc43)[C@@H](O[PH](=O)O)[C@H]2O)c2ncnc(N)c12. The van der Waals surface area contributed by atoms with Crippen LogP contribution >= 0.6 is 16.1 Å². The third kappa shape index (κ3) is 6.02. The number of nitrogens with zero attached hydrogens (tertiary/aromatic N) is 7. The van der Waals surface area contributed by atoms with Crippen molar-refractivity contribution in [3.05, 3.63) is 34.8 Å². The lowest BCUT2D eigenvalue weighted by Gasteiger charge is -2.25. The van der Waals surface area contributed by atoms with Gasteiger partial charge in [0.2, 0.25) is 5.95 Å². The zero-order valence-corrected chi connectivity index (χ0v) is 25.4. The minimum atomic E-state index is -5.21. The van der Waals surface area contributed by atoms with Gasteiger partial charge in [-0.15, -0.1) is 0 Å². The van der Waals surface area contributed by atoms with Crippen LogP contribution in [-0.2, 0) is 32.2 Å². The van der Waals surface area contributed by atoms with Crippen LogP contribution in [0.2, 0.25) is 0 Å². The topological polar surface area (TPSA) is 352 Å². The second kappa shape index (κ2) is 12.6. The first kappa shape index (κ1) is 33.0. The molecule has 10 atom stereocenters. The van der Waals surface area contributed by atoms with Crippen LogP contribution in [0.3, 0.4) is 0 Å². The highest BCUT2D eigenvalue weighted by Gasteiger charge is 2.51. The molecule has 2 fully saturated rings. The Morgan fingerprint density at radius 3 is 2.55 bits per heavy atom.